The second-order valence-electron chi connectivity index (χ2n) is 9.96. The number of nitrogens with zero attached hydrogens (tertiary/aromatic N) is 1. The number of hydrogen-bond acceptors (Lipinski definition) is 3. The van der Waals surface area contributed by atoms with Crippen molar-refractivity contribution in [3.05, 3.63) is 107 Å². The Morgan fingerprint density at radius 2 is 1.81 bits per heavy atom. The van der Waals surface area contributed by atoms with Gasteiger partial charge in [-0.2, -0.15) is 0 Å². The summed E-state index contributed by atoms with van der Waals surface area (Å²) in [5.41, 5.74) is 5.77. The SMILES string of the molecule is C=CC(=C\CN/C(C)=C\C(C)C)/N=C/C=C/c1ccccc1NC(=O)CC(C)(C)c1ccccc1C. The van der Waals surface area contributed by atoms with Crippen LogP contribution >= 0.6 is 0 Å². The van der Waals surface area contributed by atoms with E-state index in [-0.39, 0.29) is 11.3 Å². The number of nitrogens with one attached hydrogen (secondary N) is 2. The number of carbonyl (C=O) groups is 1. The Labute approximate surface area is 217 Å². The number of benzene rings is 2. The summed E-state index contributed by atoms with van der Waals surface area (Å²) < 4.78 is 0. The van der Waals surface area contributed by atoms with Gasteiger partial charge < -0.3 is 10.6 Å². The number of aliphatic imine (C=N–C) groups is 1. The quantitative estimate of drug-likeness (QED) is 0.241. The summed E-state index contributed by atoms with van der Waals surface area (Å²) in [5, 5.41) is 6.45. The van der Waals surface area contributed by atoms with Gasteiger partial charge in [-0.15, -0.1) is 0 Å². The molecule has 1 amide bonds. The Hall–Kier alpha value is -3.66. The summed E-state index contributed by atoms with van der Waals surface area (Å²) in [6.45, 7) is 17.2. The highest BCUT2D eigenvalue weighted by Crippen LogP contribution is 2.30. The van der Waals surface area contributed by atoms with Crippen LogP contribution in [0.15, 0.2) is 95.8 Å². The molecule has 0 saturated carbocycles. The smallest absolute Gasteiger partial charge is 0.225 e. The van der Waals surface area contributed by atoms with E-state index in [1.165, 1.54) is 11.1 Å². The maximum atomic E-state index is 12.9. The molecule has 2 rings (SSSR count). The third-order valence-electron chi connectivity index (χ3n) is 5.78. The van der Waals surface area contributed by atoms with E-state index < -0.39 is 0 Å². The molecule has 36 heavy (non-hydrogen) atoms. The highest BCUT2D eigenvalue weighted by Gasteiger charge is 2.25. The van der Waals surface area contributed by atoms with Crippen LogP contribution in [0.1, 0.15) is 57.7 Å². The van der Waals surface area contributed by atoms with Gasteiger partial charge >= 0.3 is 0 Å². The summed E-state index contributed by atoms with van der Waals surface area (Å²) in [4.78, 5) is 17.4. The number of rotatable bonds is 12. The van der Waals surface area contributed by atoms with Crippen LogP contribution in [0.5, 0.6) is 0 Å². The number of para-hydroxylation sites is 1. The molecule has 190 valence electrons. The van der Waals surface area contributed by atoms with E-state index in [2.05, 4.69) is 82.0 Å². The van der Waals surface area contributed by atoms with Crippen molar-refractivity contribution in [2.75, 3.05) is 11.9 Å². The molecule has 0 unspecified atom stereocenters. The lowest BCUT2D eigenvalue weighted by Gasteiger charge is -2.26. The standard InChI is InChI=1S/C32H41N3O/c1-8-28(19-21-33-26(5)22-24(2)3)34-20-13-16-27-15-10-12-18-30(27)35-31(36)23-32(6,7)29-17-11-9-14-25(29)4/h8-20,22,24,33H,1,21,23H2,2-7H3,(H,35,36)/b16-13+,26-22-,28-19+,34-20+. The van der Waals surface area contributed by atoms with E-state index in [0.29, 0.717) is 18.9 Å². The Morgan fingerprint density at radius 1 is 1.11 bits per heavy atom. The summed E-state index contributed by atoms with van der Waals surface area (Å²) in [6.07, 6.45) is 11.9. The number of aryl methyl sites for hydroxylation is 1. The first kappa shape index (κ1) is 28.6. The van der Waals surface area contributed by atoms with Crippen LogP contribution in [0.4, 0.5) is 5.69 Å². The van der Waals surface area contributed by atoms with Gasteiger partial charge in [-0.25, -0.2) is 0 Å². The van der Waals surface area contributed by atoms with Gasteiger partial charge in [-0.1, -0.05) is 88.9 Å². The number of anilines is 1. The van der Waals surface area contributed by atoms with Gasteiger partial charge in [0.1, 0.15) is 0 Å². The van der Waals surface area contributed by atoms with Crippen LogP contribution in [0, 0.1) is 12.8 Å². The van der Waals surface area contributed by atoms with Crippen molar-refractivity contribution in [3.63, 3.8) is 0 Å². The molecule has 0 atom stereocenters. The molecule has 0 aliphatic carbocycles. The fourth-order valence-corrected chi connectivity index (χ4v) is 4.12. The molecule has 0 bridgehead atoms. The van der Waals surface area contributed by atoms with Gasteiger partial charge in [0.25, 0.3) is 0 Å². The van der Waals surface area contributed by atoms with Crippen molar-refractivity contribution in [2.45, 2.75) is 53.4 Å². The average Bonchev–Trinajstić information content (AvgIpc) is 2.80. The van der Waals surface area contributed by atoms with Crippen LogP contribution in [0.3, 0.4) is 0 Å². The van der Waals surface area contributed by atoms with Gasteiger partial charge in [0.15, 0.2) is 0 Å². The normalized spacial score (nSPS) is 13.0. The minimum absolute atomic E-state index is 0.0102. The summed E-state index contributed by atoms with van der Waals surface area (Å²) >= 11 is 0. The zero-order chi connectivity index (χ0) is 26.6. The molecule has 0 aromatic heterocycles. The van der Waals surface area contributed by atoms with E-state index in [1.807, 2.05) is 54.6 Å². The molecule has 0 radical (unpaired) electrons. The monoisotopic (exact) mass is 483 g/mol. The second kappa shape index (κ2) is 14.0. The Balaban J connectivity index is 2.02. The number of allylic oxidation sites excluding steroid dienone is 4. The fourth-order valence-electron chi connectivity index (χ4n) is 4.12. The van der Waals surface area contributed by atoms with Crippen LogP contribution in [-0.2, 0) is 10.2 Å². The van der Waals surface area contributed by atoms with Crippen molar-refractivity contribution < 1.29 is 4.79 Å². The van der Waals surface area contributed by atoms with Crippen molar-refractivity contribution in [3.8, 4) is 0 Å². The largest absolute Gasteiger partial charge is 0.385 e. The highest BCUT2D eigenvalue weighted by molar-refractivity contribution is 5.94. The molecule has 0 heterocycles. The van der Waals surface area contributed by atoms with Crippen LogP contribution in [0.25, 0.3) is 6.08 Å². The first-order valence-corrected chi connectivity index (χ1v) is 12.5. The Kier molecular flexibility index (Phi) is 11.1. The number of hydrogen-bond donors (Lipinski definition) is 2. The van der Waals surface area contributed by atoms with Crippen molar-refractivity contribution in [1.29, 1.82) is 0 Å². The van der Waals surface area contributed by atoms with Crippen LogP contribution < -0.4 is 10.6 Å². The van der Waals surface area contributed by atoms with Gasteiger partial charge in [-0.3, -0.25) is 9.79 Å². The Morgan fingerprint density at radius 3 is 2.50 bits per heavy atom. The van der Waals surface area contributed by atoms with E-state index in [0.717, 1.165) is 22.6 Å². The molecule has 0 aliphatic rings. The van der Waals surface area contributed by atoms with E-state index in [9.17, 15) is 4.79 Å². The summed E-state index contributed by atoms with van der Waals surface area (Å²) in [6, 6.07) is 16.0. The average molecular weight is 484 g/mol. The van der Waals surface area contributed by atoms with E-state index >= 15 is 0 Å². The van der Waals surface area contributed by atoms with Crippen LogP contribution in [-0.4, -0.2) is 18.7 Å². The third kappa shape index (κ3) is 9.53. The van der Waals surface area contributed by atoms with Gasteiger partial charge in [-0.05, 0) is 66.2 Å². The molecule has 4 heteroatoms. The zero-order valence-electron chi connectivity index (χ0n) is 22.6. The lowest BCUT2D eigenvalue weighted by Crippen LogP contribution is -2.26. The lowest BCUT2D eigenvalue weighted by molar-refractivity contribution is -0.117. The molecule has 2 aromatic rings. The first-order chi connectivity index (χ1) is 17.1. The molecule has 4 nitrogen and oxygen atoms in total. The summed E-state index contributed by atoms with van der Waals surface area (Å²) in [7, 11) is 0. The van der Waals surface area contributed by atoms with Crippen molar-refractivity contribution in [2.24, 2.45) is 10.9 Å². The molecular formula is C32H41N3O. The van der Waals surface area contributed by atoms with Crippen LogP contribution in [0.2, 0.25) is 0 Å². The molecule has 0 fully saturated rings. The number of amides is 1. The second-order valence-corrected chi connectivity index (χ2v) is 9.96. The minimum atomic E-state index is -0.266. The van der Waals surface area contributed by atoms with Crippen molar-refractivity contribution in [1.82, 2.24) is 5.32 Å². The molecule has 0 spiro atoms. The first-order valence-electron chi connectivity index (χ1n) is 12.5. The van der Waals surface area contributed by atoms with Gasteiger partial charge in [0, 0.05) is 30.6 Å². The number of carbonyl (C=O) groups excluding carboxylic acids is 1. The lowest BCUT2D eigenvalue weighted by atomic mass is 9.79. The fraction of sp³-hybridized carbons (Fsp3) is 0.312. The molecule has 2 aromatic carbocycles. The third-order valence-corrected chi connectivity index (χ3v) is 5.78. The van der Waals surface area contributed by atoms with Gasteiger partial charge in [0.05, 0.1) is 5.70 Å². The van der Waals surface area contributed by atoms with Gasteiger partial charge in [0.2, 0.25) is 5.91 Å². The van der Waals surface area contributed by atoms with E-state index in [1.54, 1.807) is 12.3 Å². The predicted octanol–water partition coefficient (Wildman–Crippen LogP) is 7.60. The molecule has 0 aliphatic heterocycles. The maximum absolute atomic E-state index is 12.9. The molecule has 2 N–H and O–H groups in total. The zero-order valence-corrected chi connectivity index (χ0v) is 22.6. The molecular weight excluding hydrogens is 442 g/mol. The highest BCUT2D eigenvalue weighted by atomic mass is 16.1. The topological polar surface area (TPSA) is 53.5 Å². The summed E-state index contributed by atoms with van der Waals surface area (Å²) in [5.74, 6) is 0.500. The van der Waals surface area contributed by atoms with Crippen molar-refractivity contribution >= 4 is 23.9 Å². The maximum Gasteiger partial charge on any atom is 0.225 e. The molecule has 0 saturated heterocycles. The Bertz CT molecular complexity index is 1150. The minimum Gasteiger partial charge on any atom is -0.385 e. The predicted molar refractivity (Wildman–Crippen MR) is 156 cm³/mol. The van der Waals surface area contributed by atoms with E-state index in [4.69, 9.17) is 0 Å².